The number of rotatable bonds is 6. The summed E-state index contributed by atoms with van der Waals surface area (Å²) in [6.45, 7) is -0.211. The molecule has 45 heavy (non-hydrogen) atoms. The largest absolute Gasteiger partial charge is 0.467 e. The van der Waals surface area contributed by atoms with E-state index in [0.717, 1.165) is 44.9 Å². The van der Waals surface area contributed by atoms with E-state index in [1.807, 2.05) is 12.2 Å². The average molecular weight is 711 g/mol. The first kappa shape index (κ1) is 33.4. The zero-order chi connectivity index (χ0) is 32.2. The van der Waals surface area contributed by atoms with Crippen LogP contribution in [-0.2, 0) is 38.2 Å². The number of nitrogens with one attached hydrogen (secondary N) is 2. The van der Waals surface area contributed by atoms with Crippen LogP contribution in [0.4, 0.5) is 4.79 Å². The van der Waals surface area contributed by atoms with E-state index in [0.29, 0.717) is 23.7 Å². The molecule has 0 spiro atoms. The van der Waals surface area contributed by atoms with Gasteiger partial charge in [0.15, 0.2) is 0 Å². The average Bonchev–Trinajstić information content (AvgIpc) is 3.29. The predicted octanol–water partition coefficient (Wildman–Crippen LogP) is 3.73. The fraction of sp³-hybridized carbons (Fsp3) is 0.613. The monoisotopic (exact) mass is 709 g/mol. The number of halogens is 1. The first-order valence-corrected chi connectivity index (χ1v) is 17.8. The Hall–Kier alpha value is -2.97. The molecule has 1 unspecified atom stereocenters. The van der Waals surface area contributed by atoms with Gasteiger partial charge in [-0.3, -0.25) is 13.8 Å². The van der Waals surface area contributed by atoms with Crippen molar-refractivity contribution >= 4 is 49.9 Å². The van der Waals surface area contributed by atoms with E-state index in [1.54, 1.807) is 12.1 Å². The third-order valence-corrected chi connectivity index (χ3v) is 10.9. The summed E-state index contributed by atoms with van der Waals surface area (Å²) < 4.78 is 43.1. The number of allylic oxidation sites excluding steroid dienone is 1. The molecule has 1 aromatic carbocycles. The van der Waals surface area contributed by atoms with Crippen LogP contribution in [0.3, 0.4) is 0 Å². The quantitative estimate of drug-likeness (QED) is 0.255. The lowest BCUT2D eigenvalue weighted by Gasteiger charge is -2.29. The number of hydrogen-bond acceptors (Lipinski definition) is 9. The normalized spacial score (nSPS) is 29.5. The summed E-state index contributed by atoms with van der Waals surface area (Å²) in [6.07, 6.45) is 8.96. The first-order valence-electron chi connectivity index (χ1n) is 15.6. The standard InChI is InChI=1S/C31H40BrN3O9S/c1-42-29(38)31-18-20(31)9-5-3-2-4-6-12-25(33-30(39)43-22-10-7-8-11-22)28(37)35-19-23(17-26(35)27(36)34-31)44-45(40,41)24-15-13-21(32)14-16-24/h5,9,13-16,20,22-23,25-26H,2-4,6-8,10-12,17-19H2,1H3,(H,33,39)(H,34,36)/t20?,23-,25-,26-,31+/m0/s1. The van der Waals surface area contributed by atoms with E-state index in [1.165, 1.54) is 24.1 Å². The minimum absolute atomic E-state index is 0.0719. The van der Waals surface area contributed by atoms with Crippen molar-refractivity contribution in [2.75, 3.05) is 13.7 Å². The molecule has 14 heteroatoms. The second kappa shape index (κ2) is 14.2. The van der Waals surface area contributed by atoms with Crippen LogP contribution in [0.25, 0.3) is 0 Å². The number of carbonyl (C=O) groups excluding carboxylic acids is 4. The van der Waals surface area contributed by atoms with Gasteiger partial charge in [0, 0.05) is 23.4 Å². The van der Waals surface area contributed by atoms with Crippen molar-refractivity contribution in [1.29, 1.82) is 0 Å². The minimum atomic E-state index is -4.24. The van der Waals surface area contributed by atoms with Crippen LogP contribution in [0.5, 0.6) is 0 Å². The maximum absolute atomic E-state index is 14.1. The van der Waals surface area contributed by atoms with Crippen LogP contribution in [0.15, 0.2) is 45.8 Å². The fourth-order valence-electron chi connectivity index (χ4n) is 6.47. The highest BCUT2D eigenvalue weighted by Gasteiger charge is 2.62. The third kappa shape index (κ3) is 7.89. The van der Waals surface area contributed by atoms with Gasteiger partial charge < -0.3 is 25.0 Å². The Bertz CT molecular complexity index is 1410. The van der Waals surface area contributed by atoms with E-state index in [9.17, 15) is 27.6 Å². The van der Waals surface area contributed by atoms with Gasteiger partial charge in [0.05, 0.1) is 18.1 Å². The highest BCUT2D eigenvalue weighted by atomic mass is 79.9. The summed E-state index contributed by atoms with van der Waals surface area (Å²) in [7, 11) is -2.99. The molecule has 0 radical (unpaired) electrons. The van der Waals surface area contributed by atoms with Gasteiger partial charge in [-0.05, 0) is 75.6 Å². The van der Waals surface area contributed by atoms with Gasteiger partial charge in [-0.15, -0.1) is 0 Å². The summed E-state index contributed by atoms with van der Waals surface area (Å²) >= 11 is 3.28. The molecule has 1 aromatic rings. The summed E-state index contributed by atoms with van der Waals surface area (Å²) in [5.74, 6) is -2.03. The molecule has 2 aliphatic carbocycles. The fourth-order valence-corrected chi connectivity index (χ4v) is 7.81. The van der Waals surface area contributed by atoms with E-state index >= 15 is 0 Å². The second-order valence-corrected chi connectivity index (χ2v) is 14.7. The molecule has 12 nitrogen and oxygen atoms in total. The summed E-state index contributed by atoms with van der Waals surface area (Å²) in [5.41, 5.74) is -1.28. The van der Waals surface area contributed by atoms with Crippen LogP contribution in [0, 0.1) is 5.92 Å². The third-order valence-electron chi connectivity index (χ3n) is 9.02. The molecule has 2 heterocycles. The molecule has 2 saturated carbocycles. The molecular formula is C31H40BrN3O9S. The Morgan fingerprint density at radius 2 is 1.73 bits per heavy atom. The molecule has 1 saturated heterocycles. The number of methoxy groups -OCH3 is 1. The first-order chi connectivity index (χ1) is 21.5. The SMILES string of the molecule is COC(=O)[C@@]12CC1C=CCCCCC[C@H](NC(=O)OC1CCCC1)C(=O)N1C[C@@H](OS(=O)(=O)c3ccc(Br)cc3)C[C@H]1C(=O)N2. The van der Waals surface area contributed by atoms with E-state index in [4.69, 9.17) is 13.7 Å². The number of nitrogens with zero attached hydrogens (tertiary/aromatic N) is 1. The molecule has 5 atom stereocenters. The van der Waals surface area contributed by atoms with Gasteiger partial charge in [0.25, 0.3) is 10.1 Å². The molecule has 2 aliphatic heterocycles. The Labute approximate surface area is 271 Å². The molecular weight excluding hydrogens is 670 g/mol. The molecule has 2 N–H and O–H groups in total. The van der Waals surface area contributed by atoms with E-state index in [-0.39, 0.29) is 29.9 Å². The van der Waals surface area contributed by atoms with Gasteiger partial charge >= 0.3 is 12.1 Å². The summed E-state index contributed by atoms with van der Waals surface area (Å²) in [5, 5.41) is 5.55. The molecule has 5 rings (SSSR count). The number of benzene rings is 1. The zero-order valence-electron chi connectivity index (χ0n) is 25.2. The Morgan fingerprint density at radius 1 is 1.02 bits per heavy atom. The van der Waals surface area contributed by atoms with E-state index < -0.39 is 57.7 Å². The van der Waals surface area contributed by atoms with Crippen LogP contribution in [0.2, 0.25) is 0 Å². The number of alkyl carbamates (subject to hydrolysis) is 1. The highest BCUT2D eigenvalue weighted by molar-refractivity contribution is 9.10. The lowest BCUT2D eigenvalue weighted by molar-refractivity contribution is -0.148. The van der Waals surface area contributed by atoms with Crippen molar-refractivity contribution in [3.05, 3.63) is 40.9 Å². The van der Waals surface area contributed by atoms with Crippen molar-refractivity contribution in [3.8, 4) is 0 Å². The summed E-state index contributed by atoms with van der Waals surface area (Å²) in [6, 6.07) is 3.76. The van der Waals surface area contributed by atoms with Crippen molar-refractivity contribution < 1.29 is 41.3 Å². The number of fused-ring (bicyclic) bond motifs is 2. The molecule has 3 fully saturated rings. The summed E-state index contributed by atoms with van der Waals surface area (Å²) in [4.78, 5) is 54.9. The van der Waals surface area contributed by atoms with Gasteiger partial charge in [0.2, 0.25) is 11.8 Å². The maximum Gasteiger partial charge on any atom is 0.408 e. The molecule has 0 aromatic heterocycles. The highest BCUT2D eigenvalue weighted by Crippen LogP contribution is 2.46. The molecule has 0 bridgehead atoms. The second-order valence-electron chi connectivity index (χ2n) is 12.2. The number of esters is 1. The van der Waals surface area contributed by atoms with Crippen molar-refractivity contribution in [2.45, 2.75) is 105 Å². The lowest BCUT2D eigenvalue weighted by atomic mass is 10.0. The van der Waals surface area contributed by atoms with E-state index in [2.05, 4.69) is 26.6 Å². The molecule has 246 valence electrons. The van der Waals surface area contributed by atoms with Crippen molar-refractivity contribution in [2.24, 2.45) is 5.92 Å². The zero-order valence-corrected chi connectivity index (χ0v) is 27.6. The number of amides is 3. The van der Waals surface area contributed by atoms with Gasteiger partial charge in [-0.1, -0.05) is 40.9 Å². The van der Waals surface area contributed by atoms with Crippen LogP contribution >= 0.6 is 15.9 Å². The Kier molecular flexibility index (Phi) is 10.5. The lowest BCUT2D eigenvalue weighted by Crippen LogP contribution is -2.56. The topological polar surface area (TPSA) is 157 Å². The Balaban J connectivity index is 1.41. The number of carbonyl (C=O) groups is 4. The van der Waals surface area contributed by atoms with Gasteiger partial charge in [-0.25, -0.2) is 9.59 Å². The van der Waals surface area contributed by atoms with Crippen LogP contribution < -0.4 is 10.6 Å². The van der Waals surface area contributed by atoms with Gasteiger partial charge in [0.1, 0.15) is 23.7 Å². The molecule has 3 amide bonds. The van der Waals surface area contributed by atoms with Crippen molar-refractivity contribution in [1.82, 2.24) is 15.5 Å². The van der Waals surface area contributed by atoms with Crippen molar-refractivity contribution in [3.63, 3.8) is 0 Å². The van der Waals surface area contributed by atoms with Crippen LogP contribution in [-0.4, -0.2) is 80.7 Å². The maximum atomic E-state index is 14.1. The minimum Gasteiger partial charge on any atom is -0.467 e. The predicted molar refractivity (Wildman–Crippen MR) is 165 cm³/mol. The molecule has 4 aliphatic rings. The number of hydrogen-bond donors (Lipinski definition) is 2. The van der Waals surface area contributed by atoms with Crippen LogP contribution in [0.1, 0.15) is 70.6 Å². The van der Waals surface area contributed by atoms with Gasteiger partial charge in [-0.2, -0.15) is 8.42 Å². The number of ether oxygens (including phenoxy) is 2. The Morgan fingerprint density at radius 3 is 2.44 bits per heavy atom. The smallest absolute Gasteiger partial charge is 0.408 e.